The molecule has 3 heterocycles. The topological polar surface area (TPSA) is 109 Å². The summed E-state index contributed by atoms with van der Waals surface area (Å²) >= 11 is 0. The molecule has 2 aliphatic rings. The van der Waals surface area contributed by atoms with Crippen LogP contribution in [0.15, 0.2) is 58.4 Å². The van der Waals surface area contributed by atoms with Crippen LogP contribution in [0.1, 0.15) is 52.1 Å². The lowest BCUT2D eigenvalue weighted by Gasteiger charge is -2.35. The number of pyridine rings is 1. The summed E-state index contributed by atoms with van der Waals surface area (Å²) < 4.78 is 0. The number of fused-ring (bicyclic) bond motifs is 1. The van der Waals surface area contributed by atoms with Crippen LogP contribution in [0.2, 0.25) is 0 Å². The number of nitrogens with one attached hydrogen (secondary N) is 3. The average molecular weight is 489 g/mol. The van der Waals surface area contributed by atoms with Gasteiger partial charge < -0.3 is 20.4 Å². The van der Waals surface area contributed by atoms with Gasteiger partial charge in [-0.25, -0.2) is 4.99 Å². The van der Waals surface area contributed by atoms with Crippen molar-refractivity contribution in [2.24, 2.45) is 9.98 Å². The molecule has 1 atom stereocenters. The van der Waals surface area contributed by atoms with Gasteiger partial charge in [0, 0.05) is 56.9 Å². The number of carbonyl (C=O) groups excluding carboxylic acids is 1. The second-order valence-electron chi connectivity index (χ2n) is 9.28. The predicted octanol–water partition coefficient (Wildman–Crippen LogP) is 3.46. The summed E-state index contributed by atoms with van der Waals surface area (Å²) in [5.41, 5.74) is 2.77. The van der Waals surface area contributed by atoms with Crippen LogP contribution < -0.4 is 10.6 Å². The second-order valence-corrected chi connectivity index (χ2v) is 9.28. The Hall–Kier alpha value is -3.75. The number of piperazine rings is 1. The fraction of sp³-hybridized carbons (Fsp3) is 0.444. The summed E-state index contributed by atoms with van der Waals surface area (Å²) in [5.74, 6) is 1.13. The maximum absolute atomic E-state index is 11.8. The minimum absolute atomic E-state index is 0.0839. The Morgan fingerprint density at radius 3 is 2.56 bits per heavy atom. The molecule has 9 nitrogen and oxygen atoms in total. The predicted molar refractivity (Wildman–Crippen MR) is 145 cm³/mol. The van der Waals surface area contributed by atoms with Crippen LogP contribution in [0.5, 0.6) is 0 Å². The normalized spacial score (nSPS) is 18.4. The van der Waals surface area contributed by atoms with E-state index in [0.29, 0.717) is 49.7 Å². The van der Waals surface area contributed by atoms with Crippen molar-refractivity contribution < 1.29 is 4.79 Å². The van der Waals surface area contributed by atoms with Gasteiger partial charge in [0.1, 0.15) is 11.4 Å². The number of aliphatic imine (C=N–C) groups is 2. The first-order chi connectivity index (χ1) is 17.4. The lowest BCUT2D eigenvalue weighted by molar-refractivity contribution is -0.130. The van der Waals surface area contributed by atoms with E-state index in [1.54, 1.807) is 6.92 Å². The molecule has 0 spiro atoms. The van der Waals surface area contributed by atoms with Crippen LogP contribution in [0.4, 0.5) is 0 Å². The van der Waals surface area contributed by atoms with Gasteiger partial charge in [-0.3, -0.25) is 15.2 Å². The molecule has 0 bridgehead atoms. The van der Waals surface area contributed by atoms with Crippen LogP contribution in [0.25, 0.3) is 10.9 Å². The van der Waals surface area contributed by atoms with Gasteiger partial charge in [0.25, 0.3) is 0 Å². The van der Waals surface area contributed by atoms with E-state index in [0.717, 1.165) is 29.3 Å². The highest BCUT2D eigenvalue weighted by Crippen LogP contribution is 2.20. The van der Waals surface area contributed by atoms with Crippen molar-refractivity contribution in [3.63, 3.8) is 0 Å². The zero-order chi connectivity index (χ0) is 25.7. The van der Waals surface area contributed by atoms with Crippen LogP contribution >= 0.6 is 0 Å². The first-order valence-corrected chi connectivity index (χ1v) is 12.7. The van der Waals surface area contributed by atoms with Crippen LogP contribution in [0, 0.1) is 5.41 Å². The monoisotopic (exact) mass is 488 g/mol. The molecule has 0 saturated carbocycles. The third-order valence-electron chi connectivity index (χ3n) is 6.84. The average Bonchev–Trinajstić information content (AvgIpc) is 2.90. The smallest absolute Gasteiger partial charge is 0.228 e. The highest BCUT2D eigenvalue weighted by Gasteiger charge is 2.27. The number of carbonyl (C=O) groups is 1. The Bertz CT molecular complexity index is 1210. The molecule has 0 aliphatic carbocycles. The largest absolute Gasteiger partial charge is 0.386 e. The molecular formula is C27H36N8O. The molecular weight excluding hydrogens is 452 g/mol. The number of amides is 1. The first kappa shape index (κ1) is 25.3. The molecule has 0 unspecified atom stereocenters. The zero-order valence-corrected chi connectivity index (χ0v) is 21.6. The van der Waals surface area contributed by atoms with Crippen molar-refractivity contribution in [2.75, 3.05) is 26.2 Å². The molecule has 1 aromatic carbocycles. The lowest BCUT2D eigenvalue weighted by Crippen LogP contribution is -2.51. The number of guanidine groups is 1. The molecule has 2 aliphatic heterocycles. The highest BCUT2D eigenvalue weighted by molar-refractivity contribution is 6.48. The standard InChI is InChI=1S/C27H36N8O/c1-5-22(6-2)29-17-24-25(28)26(33-27(32-24)35-13-11-34(12-14-35)19(4)36)31-18(3)21-15-20-9-7-8-10-23(20)30-16-21/h7-10,15-18,22,28-29H,5-6,11-14H2,1-4H3,(H,31,32,33)/b24-17+,28-25?/t18-/m1/s1. The second kappa shape index (κ2) is 11.3. The molecule has 4 rings (SSSR count). The number of amidine groups is 1. The Morgan fingerprint density at radius 1 is 1.14 bits per heavy atom. The van der Waals surface area contributed by atoms with E-state index in [1.165, 1.54) is 0 Å². The third kappa shape index (κ3) is 5.72. The molecule has 1 fully saturated rings. The van der Waals surface area contributed by atoms with Gasteiger partial charge in [-0.05, 0) is 37.5 Å². The van der Waals surface area contributed by atoms with Crippen molar-refractivity contribution in [2.45, 2.75) is 52.6 Å². The summed E-state index contributed by atoms with van der Waals surface area (Å²) in [5, 5.41) is 16.8. The van der Waals surface area contributed by atoms with Crippen molar-refractivity contribution in [1.82, 2.24) is 25.4 Å². The van der Waals surface area contributed by atoms with Gasteiger partial charge in [-0.2, -0.15) is 4.99 Å². The summed E-state index contributed by atoms with van der Waals surface area (Å²) in [4.78, 5) is 29.8. The van der Waals surface area contributed by atoms with E-state index in [4.69, 9.17) is 15.4 Å². The van der Waals surface area contributed by atoms with Crippen molar-refractivity contribution in [3.8, 4) is 0 Å². The lowest BCUT2D eigenvalue weighted by atomic mass is 10.1. The molecule has 36 heavy (non-hydrogen) atoms. The maximum atomic E-state index is 11.8. The third-order valence-corrected chi connectivity index (χ3v) is 6.84. The fourth-order valence-electron chi connectivity index (χ4n) is 4.37. The quantitative estimate of drug-likeness (QED) is 0.577. The molecule has 190 valence electrons. The van der Waals surface area contributed by atoms with E-state index in [2.05, 4.69) is 46.5 Å². The Kier molecular flexibility index (Phi) is 7.97. The van der Waals surface area contributed by atoms with Crippen molar-refractivity contribution >= 4 is 34.3 Å². The fourth-order valence-corrected chi connectivity index (χ4v) is 4.37. The number of hydrogen-bond acceptors (Lipinski definition) is 8. The van der Waals surface area contributed by atoms with E-state index in [-0.39, 0.29) is 17.7 Å². The number of benzene rings is 1. The highest BCUT2D eigenvalue weighted by atomic mass is 16.2. The first-order valence-electron chi connectivity index (χ1n) is 12.7. The van der Waals surface area contributed by atoms with E-state index >= 15 is 0 Å². The Labute approximate surface area is 212 Å². The molecule has 2 aromatic rings. The summed E-state index contributed by atoms with van der Waals surface area (Å²) in [7, 11) is 0. The van der Waals surface area contributed by atoms with Crippen LogP contribution in [0.3, 0.4) is 0 Å². The number of hydrogen-bond donors (Lipinski definition) is 3. The van der Waals surface area contributed by atoms with E-state index < -0.39 is 0 Å². The summed E-state index contributed by atoms with van der Waals surface area (Å²) in [6.07, 6.45) is 5.68. The number of nitrogens with zero attached hydrogens (tertiary/aromatic N) is 5. The molecule has 3 N–H and O–H groups in total. The van der Waals surface area contributed by atoms with Crippen LogP contribution in [-0.4, -0.2) is 70.4 Å². The molecule has 1 saturated heterocycles. The van der Waals surface area contributed by atoms with Gasteiger partial charge in [-0.1, -0.05) is 32.0 Å². The van der Waals surface area contributed by atoms with E-state index in [1.807, 2.05) is 42.4 Å². The zero-order valence-electron chi connectivity index (χ0n) is 21.6. The molecule has 1 aromatic heterocycles. The van der Waals surface area contributed by atoms with Gasteiger partial charge in [0.2, 0.25) is 11.9 Å². The molecule has 0 radical (unpaired) electrons. The summed E-state index contributed by atoms with van der Waals surface area (Å²) in [6.45, 7) is 10.5. The minimum atomic E-state index is -0.108. The minimum Gasteiger partial charge on any atom is -0.386 e. The van der Waals surface area contributed by atoms with Crippen LogP contribution in [-0.2, 0) is 4.79 Å². The van der Waals surface area contributed by atoms with E-state index in [9.17, 15) is 4.79 Å². The Balaban J connectivity index is 1.59. The molecule has 1 amide bonds. The van der Waals surface area contributed by atoms with Gasteiger partial charge in [0.05, 0.1) is 11.6 Å². The van der Waals surface area contributed by atoms with Gasteiger partial charge in [-0.15, -0.1) is 0 Å². The maximum Gasteiger partial charge on any atom is 0.228 e. The SMILES string of the molecule is CCC(CC)N/C=C1/N=C(N2CCN(C(C)=O)CC2)N=C(N[C@H](C)c2cnc3ccccc3c2)C1=N. The number of aromatic nitrogens is 1. The number of para-hydroxylation sites is 1. The number of rotatable bonds is 6. The van der Waals surface area contributed by atoms with Gasteiger partial charge in [0.15, 0.2) is 5.84 Å². The van der Waals surface area contributed by atoms with Crippen molar-refractivity contribution in [3.05, 3.63) is 54.0 Å². The Morgan fingerprint density at radius 2 is 1.86 bits per heavy atom. The summed E-state index contributed by atoms with van der Waals surface area (Å²) in [6, 6.07) is 10.4. The molecule has 9 heteroatoms. The van der Waals surface area contributed by atoms with Crippen molar-refractivity contribution in [1.29, 1.82) is 5.41 Å². The van der Waals surface area contributed by atoms with Gasteiger partial charge >= 0.3 is 0 Å².